The summed E-state index contributed by atoms with van der Waals surface area (Å²) in [5.41, 5.74) is 1.99. The summed E-state index contributed by atoms with van der Waals surface area (Å²) in [5.74, 6) is 1.43. The predicted octanol–water partition coefficient (Wildman–Crippen LogP) is 0.991. The van der Waals surface area contributed by atoms with E-state index in [9.17, 15) is 4.79 Å². The van der Waals surface area contributed by atoms with Gasteiger partial charge >= 0.3 is 0 Å². The van der Waals surface area contributed by atoms with Gasteiger partial charge in [0.05, 0.1) is 18.8 Å². The third-order valence-corrected chi connectivity index (χ3v) is 3.14. The van der Waals surface area contributed by atoms with Gasteiger partial charge in [-0.25, -0.2) is 4.99 Å². The molecule has 1 aromatic heterocycles. The van der Waals surface area contributed by atoms with E-state index >= 15 is 0 Å². The van der Waals surface area contributed by atoms with Crippen LogP contribution in [0.2, 0.25) is 0 Å². The summed E-state index contributed by atoms with van der Waals surface area (Å²) in [6, 6.07) is 0. The lowest BCUT2D eigenvalue weighted by molar-refractivity contribution is -0.119. The van der Waals surface area contributed by atoms with E-state index in [1.807, 2.05) is 27.7 Å². The molecule has 22 heavy (non-hydrogen) atoms. The maximum Gasteiger partial charge on any atom is 0.239 e. The van der Waals surface area contributed by atoms with Crippen LogP contribution in [-0.4, -0.2) is 36.7 Å². The lowest BCUT2D eigenvalue weighted by atomic mass is 10.1. The fourth-order valence-electron chi connectivity index (χ4n) is 2.04. The van der Waals surface area contributed by atoms with Gasteiger partial charge in [0, 0.05) is 25.1 Å². The maximum absolute atomic E-state index is 11.5. The number of carbonyl (C=O) groups excluding carboxylic acids is 1. The molecule has 0 saturated carbocycles. The van der Waals surface area contributed by atoms with Crippen molar-refractivity contribution in [3.05, 3.63) is 17.0 Å². The van der Waals surface area contributed by atoms with E-state index in [1.165, 1.54) is 0 Å². The molecule has 7 nitrogen and oxygen atoms in total. The summed E-state index contributed by atoms with van der Waals surface area (Å²) in [7, 11) is 0. The highest BCUT2D eigenvalue weighted by Gasteiger charge is 2.13. The molecule has 0 aliphatic heterocycles. The Morgan fingerprint density at radius 1 is 1.09 bits per heavy atom. The van der Waals surface area contributed by atoms with Crippen molar-refractivity contribution in [2.24, 2.45) is 4.99 Å². The van der Waals surface area contributed by atoms with E-state index in [4.69, 9.17) is 4.52 Å². The fourth-order valence-corrected chi connectivity index (χ4v) is 2.04. The molecule has 0 aromatic carbocycles. The van der Waals surface area contributed by atoms with Crippen molar-refractivity contribution < 1.29 is 9.32 Å². The second-order valence-electron chi connectivity index (χ2n) is 4.74. The van der Waals surface area contributed by atoms with E-state index in [2.05, 4.69) is 26.1 Å². The van der Waals surface area contributed by atoms with Crippen LogP contribution < -0.4 is 16.0 Å². The van der Waals surface area contributed by atoms with Gasteiger partial charge in [-0.15, -0.1) is 0 Å². The molecule has 0 fully saturated rings. The third-order valence-electron chi connectivity index (χ3n) is 3.14. The van der Waals surface area contributed by atoms with Crippen LogP contribution in [0.3, 0.4) is 0 Å². The molecule has 1 rings (SSSR count). The van der Waals surface area contributed by atoms with Gasteiger partial charge < -0.3 is 20.5 Å². The lowest BCUT2D eigenvalue weighted by Crippen LogP contribution is -2.43. The van der Waals surface area contributed by atoms with Crippen LogP contribution in [0.25, 0.3) is 0 Å². The minimum atomic E-state index is -0.0541. The van der Waals surface area contributed by atoms with Gasteiger partial charge in [-0.05, 0) is 20.3 Å². The van der Waals surface area contributed by atoms with Crippen LogP contribution in [-0.2, 0) is 24.2 Å². The summed E-state index contributed by atoms with van der Waals surface area (Å²) in [5, 5.41) is 13.0. The molecule has 0 unspecified atom stereocenters. The van der Waals surface area contributed by atoms with Crippen molar-refractivity contribution >= 4 is 11.9 Å². The molecule has 1 heterocycles. The van der Waals surface area contributed by atoms with Crippen LogP contribution in [0.5, 0.6) is 0 Å². The van der Waals surface area contributed by atoms with Crippen LogP contribution in [0, 0.1) is 0 Å². The first kappa shape index (κ1) is 18.0. The Labute approximate surface area is 131 Å². The average Bonchev–Trinajstić information content (AvgIpc) is 2.92. The number of nitrogens with one attached hydrogen (secondary N) is 3. The van der Waals surface area contributed by atoms with Crippen LogP contribution in [0.15, 0.2) is 9.52 Å². The van der Waals surface area contributed by atoms with E-state index in [1.54, 1.807) is 0 Å². The zero-order chi connectivity index (χ0) is 16.4. The average molecular weight is 309 g/mol. The van der Waals surface area contributed by atoms with E-state index in [-0.39, 0.29) is 12.5 Å². The molecule has 0 aliphatic rings. The molecule has 1 aromatic rings. The Bertz CT molecular complexity index is 475. The molecule has 0 bridgehead atoms. The zero-order valence-electron chi connectivity index (χ0n) is 14.0. The Hall–Kier alpha value is -2.05. The molecule has 0 saturated heterocycles. The number of aromatic nitrogens is 1. The molecule has 3 N–H and O–H groups in total. The highest BCUT2D eigenvalue weighted by atomic mass is 16.5. The molecule has 0 aliphatic carbocycles. The summed E-state index contributed by atoms with van der Waals surface area (Å²) >= 11 is 0. The highest BCUT2D eigenvalue weighted by molar-refractivity contribution is 5.86. The normalized spacial score (nSPS) is 11.4. The van der Waals surface area contributed by atoms with Crippen molar-refractivity contribution in [3.8, 4) is 0 Å². The summed E-state index contributed by atoms with van der Waals surface area (Å²) in [6.45, 7) is 9.99. The Morgan fingerprint density at radius 2 is 1.82 bits per heavy atom. The predicted molar refractivity (Wildman–Crippen MR) is 86.8 cm³/mol. The molecule has 7 heteroatoms. The number of guanidine groups is 1. The quantitative estimate of drug-likeness (QED) is 0.492. The number of carbonyl (C=O) groups is 1. The van der Waals surface area contributed by atoms with Crippen LogP contribution in [0.4, 0.5) is 0 Å². The third kappa shape index (κ3) is 5.38. The monoisotopic (exact) mass is 309 g/mol. The second kappa shape index (κ2) is 9.81. The van der Waals surface area contributed by atoms with Crippen LogP contribution in [0.1, 0.15) is 44.7 Å². The van der Waals surface area contributed by atoms with Gasteiger partial charge in [-0.1, -0.05) is 19.0 Å². The number of amides is 1. The number of aryl methyl sites for hydroxylation is 2. The number of hydrogen-bond donors (Lipinski definition) is 3. The van der Waals surface area contributed by atoms with Crippen molar-refractivity contribution in [2.75, 3.05) is 19.6 Å². The number of nitrogens with zero attached hydrogens (tertiary/aromatic N) is 2. The molecule has 124 valence electrons. The van der Waals surface area contributed by atoms with E-state index in [0.717, 1.165) is 36.4 Å². The number of rotatable bonds is 8. The molecule has 1 amide bonds. The molecule has 0 atom stereocenters. The minimum absolute atomic E-state index is 0.0541. The summed E-state index contributed by atoms with van der Waals surface area (Å²) in [4.78, 5) is 16.0. The zero-order valence-corrected chi connectivity index (χ0v) is 14.0. The smallest absolute Gasteiger partial charge is 0.239 e. The largest absolute Gasteiger partial charge is 0.361 e. The number of aliphatic imine (C=N–C) groups is 1. The van der Waals surface area contributed by atoms with E-state index < -0.39 is 0 Å². The maximum atomic E-state index is 11.5. The standard InChI is InChI=1S/C15H27N5O2/c1-5-12-11(13(6-2)22-20-12)9-18-15(17-8-4)19-10-14(21)16-7-3/h5-10H2,1-4H3,(H,16,21)(H2,17,18,19). The molecular weight excluding hydrogens is 282 g/mol. The summed E-state index contributed by atoms with van der Waals surface area (Å²) < 4.78 is 5.33. The van der Waals surface area contributed by atoms with Crippen LogP contribution >= 0.6 is 0 Å². The lowest BCUT2D eigenvalue weighted by Gasteiger charge is -2.11. The minimum Gasteiger partial charge on any atom is -0.361 e. The van der Waals surface area contributed by atoms with Gasteiger partial charge in [0.1, 0.15) is 5.76 Å². The van der Waals surface area contributed by atoms with Crippen molar-refractivity contribution in [2.45, 2.75) is 47.1 Å². The Balaban J connectivity index is 2.73. The number of hydrogen-bond acceptors (Lipinski definition) is 4. The topological polar surface area (TPSA) is 91.5 Å². The number of likely N-dealkylation sites (N-methyl/N-ethyl adjacent to an activating group) is 1. The highest BCUT2D eigenvalue weighted by Crippen LogP contribution is 2.16. The van der Waals surface area contributed by atoms with Gasteiger partial charge in [0.15, 0.2) is 5.96 Å². The van der Waals surface area contributed by atoms with Gasteiger partial charge in [0.25, 0.3) is 0 Å². The first-order valence-corrected chi connectivity index (χ1v) is 7.91. The first-order valence-electron chi connectivity index (χ1n) is 7.91. The van der Waals surface area contributed by atoms with Gasteiger partial charge in [-0.3, -0.25) is 4.79 Å². The molecular formula is C15H27N5O2. The van der Waals surface area contributed by atoms with E-state index in [0.29, 0.717) is 19.0 Å². The van der Waals surface area contributed by atoms with Crippen molar-refractivity contribution in [1.29, 1.82) is 0 Å². The van der Waals surface area contributed by atoms with Gasteiger partial charge in [0.2, 0.25) is 5.91 Å². The second-order valence-corrected chi connectivity index (χ2v) is 4.74. The van der Waals surface area contributed by atoms with Crippen molar-refractivity contribution in [3.63, 3.8) is 0 Å². The Morgan fingerprint density at radius 3 is 2.41 bits per heavy atom. The van der Waals surface area contributed by atoms with Crippen molar-refractivity contribution in [1.82, 2.24) is 21.1 Å². The SMILES string of the molecule is CCNC(=O)CNC(=NCc1c(CC)noc1CC)NCC. The Kier molecular flexibility index (Phi) is 8.03. The first-order chi connectivity index (χ1) is 10.7. The molecule has 0 spiro atoms. The molecule has 0 radical (unpaired) electrons. The summed E-state index contributed by atoms with van der Waals surface area (Å²) in [6.07, 6.45) is 1.61. The van der Waals surface area contributed by atoms with Gasteiger partial charge in [-0.2, -0.15) is 0 Å². The fraction of sp³-hybridized carbons (Fsp3) is 0.667.